The van der Waals surface area contributed by atoms with E-state index in [2.05, 4.69) is 36.7 Å². The molecule has 10 heteroatoms. The van der Waals surface area contributed by atoms with Gasteiger partial charge in [-0.05, 0) is 76.1 Å². The largest absolute Gasteiger partial charge is 0.272 e. The first kappa shape index (κ1) is 25.2. The lowest BCUT2D eigenvalue weighted by atomic mass is 10.2. The number of thioether (sulfide) groups is 1. The van der Waals surface area contributed by atoms with Gasteiger partial charge in [-0.15, -0.1) is 10.2 Å². The number of hydrogen-bond acceptors (Lipinski definition) is 5. The smallest absolute Gasteiger partial charge is 0.250 e. The van der Waals surface area contributed by atoms with Crippen molar-refractivity contribution >= 4 is 69.1 Å². The van der Waals surface area contributed by atoms with Crippen molar-refractivity contribution < 1.29 is 4.79 Å². The van der Waals surface area contributed by atoms with Crippen LogP contribution in [0.2, 0.25) is 10.0 Å². The predicted molar refractivity (Wildman–Crippen MR) is 148 cm³/mol. The predicted octanol–water partition coefficient (Wildman–Crippen LogP) is 6.87. The third kappa shape index (κ3) is 7.05. The fraction of sp³-hybridized carbons (Fsp3) is 0.0400. The summed E-state index contributed by atoms with van der Waals surface area (Å²) in [6.45, 7) is 0. The summed E-state index contributed by atoms with van der Waals surface area (Å²) in [5, 5.41) is 14.5. The van der Waals surface area contributed by atoms with Gasteiger partial charge in [0, 0.05) is 25.8 Å². The Balaban J connectivity index is 1.47. The molecule has 176 valence electrons. The van der Waals surface area contributed by atoms with Crippen LogP contribution in [0.5, 0.6) is 0 Å². The van der Waals surface area contributed by atoms with Crippen LogP contribution in [0.4, 0.5) is 0 Å². The number of carbonyl (C=O) groups excluding carboxylic acids is 1. The van der Waals surface area contributed by atoms with Crippen LogP contribution in [-0.2, 0) is 4.79 Å². The van der Waals surface area contributed by atoms with Crippen LogP contribution in [0.3, 0.4) is 0 Å². The van der Waals surface area contributed by atoms with Crippen molar-refractivity contribution in [3.63, 3.8) is 0 Å². The van der Waals surface area contributed by atoms with Gasteiger partial charge < -0.3 is 0 Å². The topological polar surface area (TPSA) is 72.2 Å². The summed E-state index contributed by atoms with van der Waals surface area (Å²) in [7, 11) is 0. The Kier molecular flexibility index (Phi) is 8.76. The fourth-order valence-corrected chi connectivity index (χ4v) is 4.41. The highest BCUT2D eigenvalue weighted by molar-refractivity contribution is 9.12. The fourth-order valence-electron chi connectivity index (χ4n) is 3.05. The van der Waals surface area contributed by atoms with E-state index in [1.807, 2.05) is 65.2 Å². The molecule has 1 amide bonds. The molecule has 4 aromatic rings. The minimum absolute atomic E-state index is 0.101. The zero-order chi connectivity index (χ0) is 24.6. The van der Waals surface area contributed by atoms with E-state index >= 15 is 0 Å². The summed E-state index contributed by atoms with van der Waals surface area (Å²) >= 11 is 16.8. The summed E-state index contributed by atoms with van der Waals surface area (Å²) in [6, 6.07) is 24.4. The van der Waals surface area contributed by atoms with Crippen molar-refractivity contribution in [1.82, 2.24) is 20.2 Å². The average Bonchev–Trinajstić information content (AvgIpc) is 3.28. The SMILES string of the molecule is O=C(CSc1nnc(-c2ccc(Cl)cc2)n1-c1ccc(Cl)cc1)N/N=C\C(Br)=C\c1ccccc1. The average molecular weight is 587 g/mol. The molecule has 4 rings (SSSR count). The van der Waals surface area contributed by atoms with Crippen LogP contribution >= 0.6 is 50.9 Å². The van der Waals surface area contributed by atoms with E-state index in [0.29, 0.717) is 21.0 Å². The third-order valence-corrected chi connectivity index (χ3v) is 6.50. The van der Waals surface area contributed by atoms with E-state index in [1.165, 1.54) is 18.0 Å². The zero-order valence-electron chi connectivity index (χ0n) is 18.1. The second-order valence-corrected chi connectivity index (χ2v) is 9.88. The van der Waals surface area contributed by atoms with E-state index in [9.17, 15) is 4.79 Å². The normalized spacial score (nSPS) is 11.7. The van der Waals surface area contributed by atoms with E-state index in [-0.39, 0.29) is 11.7 Å². The zero-order valence-corrected chi connectivity index (χ0v) is 22.0. The third-order valence-electron chi connectivity index (χ3n) is 4.63. The van der Waals surface area contributed by atoms with Crippen LogP contribution < -0.4 is 5.43 Å². The van der Waals surface area contributed by atoms with Gasteiger partial charge in [0.1, 0.15) is 0 Å². The molecule has 3 aromatic carbocycles. The molecule has 0 saturated carbocycles. The first-order valence-electron chi connectivity index (χ1n) is 10.3. The van der Waals surface area contributed by atoms with Crippen molar-refractivity contribution in [2.75, 3.05) is 5.75 Å². The Hall–Kier alpha value is -2.91. The quantitative estimate of drug-likeness (QED) is 0.139. The highest BCUT2D eigenvalue weighted by Crippen LogP contribution is 2.29. The Labute approximate surface area is 225 Å². The molecule has 0 bridgehead atoms. The lowest BCUT2D eigenvalue weighted by molar-refractivity contribution is -0.118. The molecule has 0 aliphatic heterocycles. The molecule has 1 heterocycles. The minimum atomic E-state index is -0.273. The molecule has 1 aromatic heterocycles. The van der Waals surface area contributed by atoms with Gasteiger partial charge in [0.05, 0.1) is 12.0 Å². The number of nitrogens with zero attached hydrogens (tertiary/aromatic N) is 4. The molecule has 0 aliphatic rings. The number of hydrogen-bond donors (Lipinski definition) is 1. The number of rotatable bonds is 8. The van der Waals surface area contributed by atoms with Gasteiger partial charge >= 0.3 is 0 Å². The number of allylic oxidation sites excluding steroid dienone is 1. The number of carbonyl (C=O) groups is 1. The van der Waals surface area contributed by atoms with Crippen LogP contribution in [0.25, 0.3) is 23.2 Å². The van der Waals surface area contributed by atoms with Crippen LogP contribution in [0.15, 0.2) is 93.6 Å². The second-order valence-electron chi connectivity index (χ2n) is 7.15. The molecule has 35 heavy (non-hydrogen) atoms. The van der Waals surface area contributed by atoms with Gasteiger partial charge in [-0.3, -0.25) is 9.36 Å². The summed E-state index contributed by atoms with van der Waals surface area (Å²) < 4.78 is 2.60. The highest BCUT2D eigenvalue weighted by Gasteiger charge is 2.17. The first-order chi connectivity index (χ1) is 17.0. The molecule has 6 nitrogen and oxygen atoms in total. The first-order valence-corrected chi connectivity index (χ1v) is 12.9. The highest BCUT2D eigenvalue weighted by atomic mass is 79.9. The van der Waals surface area contributed by atoms with E-state index in [4.69, 9.17) is 23.2 Å². The summed E-state index contributed by atoms with van der Waals surface area (Å²) in [5.41, 5.74) is 5.21. The van der Waals surface area contributed by atoms with Crippen LogP contribution in [-0.4, -0.2) is 32.6 Å². The van der Waals surface area contributed by atoms with Gasteiger partial charge in [-0.1, -0.05) is 65.3 Å². The van der Waals surface area contributed by atoms with E-state index < -0.39 is 0 Å². The Bertz CT molecular complexity index is 1360. The Morgan fingerprint density at radius 1 is 0.971 bits per heavy atom. The van der Waals surface area contributed by atoms with Crippen LogP contribution in [0.1, 0.15) is 5.56 Å². The van der Waals surface area contributed by atoms with Gasteiger partial charge in [0.2, 0.25) is 0 Å². The molecule has 0 atom stereocenters. The maximum atomic E-state index is 12.4. The van der Waals surface area contributed by atoms with Crippen molar-refractivity contribution in [3.8, 4) is 17.1 Å². The Morgan fingerprint density at radius 3 is 2.31 bits per heavy atom. The number of amides is 1. The molecule has 0 unspecified atom stereocenters. The van der Waals surface area contributed by atoms with Crippen molar-refractivity contribution in [2.45, 2.75) is 5.16 Å². The lowest BCUT2D eigenvalue weighted by Crippen LogP contribution is -2.19. The number of hydrazone groups is 1. The molecule has 0 radical (unpaired) electrons. The van der Waals surface area contributed by atoms with Gasteiger partial charge in [-0.2, -0.15) is 5.10 Å². The second kappa shape index (κ2) is 12.2. The van der Waals surface area contributed by atoms with Gasteiger partial charge in [-0.25, -0.2) is 5.43 Å². The molecular formula is C25H18BrCl2N5OS. The van der Waals surface area contributed by atoms with Crippen molar-refractivity contribution in [2.24, 2.45) is 5.10 Å². The molecule has 0 saturated heterocycles. The Morgan fingerprint density at radius 2 is 1.63 bits per heavy atom. The maximum Gasteiger partial charge on any atom is 0.250 e. The molecular weight excluding hydrogens is 569 g/mol. The number of halogens is 3. The van der Waals surface area contributed by atoms with E-state index in [1.54, 1.807) is 24.3 Å². The summed E-state index contributed by atoms with van der Waals surface area (Å²) in [4.78, 5) is 12.4. The lowest BCUT2D eigenvalue weighted by Gasteiger charge is -2.10. The van der Waals surface area contributed by atoms with Crippen LogP contribution in [0, 0.1) is 0 Å². The molecule has 0 fully saturated rings. The van der Waals surface area contributed by atoms with E-state index in [0.717, 1.165) is 21.3 Å². The molecule has 0 aliphatic carbocycles. The standard InChI is InChI=1S/C25H18BrCl2N5OS/c26-19(14-17-4-2-1-3-5-17)15-29-30-23(34)16-35-25-32-31-24(18-6-8-20(27)9-7-18)33(25)22-12-10-21(28)11-13-22/h1-15H,16H2,(H,30,34)/b19-14-,29-15-. The number of benzene rings is 3. The van der Waals surface area contributed by atoms with Gasteiger partial charge in [0.25, 0.3) is 5.91 Å². The van der Waals surface area contributed by atoms with Gasteiger partial charge in [0.15, 0.2) is 11.0 Å². The summed E-state index contributed by atoms with van der Waals surface area (Å²) in [5.74, 6) is 0.453. The number of nitrogens with one attached hydrogen (secondary N) is 1. The number of aromatic nitrogens is 3. The van der Waals surface area contributed by atoms with Crippen molar-refractivity contribution in [3.05, 3.63) is 99.0 Å². The molecule has 0 spiro atoms. The monoisotopic (exact) mass is 585 g/mol. The molecule has 1 N–H and O–H groups in total. The summed E-state index contributed by atoms with van der Waals surface area (Å²) in [6.07, 6.45) is 3.43. The maximum absolute atomic E-state index is 12.4. The minimum Gasteiger partial charge on any atom is -0.272 e. The van der Waals surface area contributed by atoms with Crippen molar-refractivity contribution in [1.29, 1.82) is 0 Å².